The van der Waals surface area contributed by atoms with Crippen LogP contribution in [0.2, 0.25) is 0 Å². The van der Waals surface area contributed by atoms with Crippen LogP contribution in [0.25, 0.3) is 0 Å². The van der Waals surface area contributed by atoms with Crippen molar-refractivity contribution in [2.45, 2.75) is 6.42 Å². The maximum atomic E-state index is 4.15. The Bertz CT molecular complexity index is 210. The van der Waals surface area contributed by atoms with E-state index in [4.69, 9.17) is 0 Å². The Morgan fingerprint density at radius 3 is 2.45 bits per heavy atom. The summed E-state index contributed by atoms with van der Waals surface area (Å²) in [6.45, 7) is 3.91. The number of aryl methyl sites for hydroxylation is 1. The number of thiol groups is 1. The van der Waals surface area contributed by atoms with Gasteiger partial charge in [-0.25, -0.2) is 0 Å². The number of hydrogen-bond donors (Lipinski definition) is 1. The minimum Gasteiger partial charge on any atom is -0.198 e. The molecule has 0 amide bonds. The molecule has 1 rings (SSSR count). The second-order valence-corrected chi connectivity index (χ2v) is 2.69. The molecule has 0 saturated carbocycles. The fourth-order valence-electron chi connectivity index (χ4n) is 0.922. The molecule has 2 heteroatoms. The maximum absolute atomic E-state index is 4.15. The van der Waals surface area contributed by atoms with Gasteiger partial charge in [-0.05, 0) is 5.75 Å². The first-order chi connectivity index (χ1) is 4.84. The molecule has 54 valence electrons. The zero-order chi connectivity index (χ0) is 7.40. The molecule has 0 nitrogen and oxygen atoms in total. The van der Waals surface area contributed by atoms with E-state index in [1.807, 2.05) is 18.2 Å². The average molecular weight is 158 g/mol. The van der Waals surface area contributed by atoms with E-state index in [1.165, 1.54) is 5.56 Å². The summed E-state index contributed by atoms with van der Waals surface area (Å²) < 4.78 is 0. The summed E-state index contributed by atoms with van der Waals surface area (Å²) in [7, 11) is 0. The van der Waals surface area contributed by atoms with Gasteiger partial charge in [-0.2, -0.15) is 31.2 Å². The third kappa shape index (κ3) is 3.29. The molecule has 1 aromatic rings. The van der Waals surface area contributed by atoms with Crippen molar-refractivity contribution in [3.8, 4) is 0 Å². The zero-order valence-corrected chi connectivity index (χ0v) is 7.77. The number of hydrogen-bond acceptors (Lipinski definition) is 1. The fraction of sp³-hybridized carbons (Fsp3) is 0.222. The first-order valence-corrected chi connectivity index (χ1v) is 3.98. The van der Waals surface area contributed by atoms with Crippen LogP contribution in [0.1, 0.15) is 11.1 Å². The molecule has 0 aliphatic heterocycles. The van der Waals surface area contributed by atoms with Crippen molar-refractivity contribution >= 4 is 12.6 Å². The quantitative estimate of drug-likeness (QED) is 0.330. The molecule has 0 radical (unpaired) electrons. The first kappa shape index (κ1) is 11.0. The largest absolute Gasteiger partial charge is 1.00 e. The van der Waals surface area contributed by atoms with Crippen molar-refractivity contribution in [2.24, 2.45) is 0 Å². The minimum absolute atomic E-state index is 0. The van der Waals surface area contributed by atoms with Gasteiger partial charge in [0.2, 0.25) is 0 Å². The summed E-state index contributed by atoms with van der Waals surface area (Å²) in [6, 6.07) is 8.16. The van der Waals surface area contributed by atoms with Gasteiger partial charge < -0.3 is 0 Å². The third-order valence-electron chi connectivity index (χ3n) is 1.50. The summed E-state index contributed by atoms with van der Waals surface area (Å²) in [5, 5.41) is 0. The summed E-state index contributed by atoms with van der Waals surface area (Å²) in [4.78, 5) is 0. The van der Waals surface area contributed by atoms with Crippen molar-refractivity contribution < 1.29 is 18.9 Å². The molecule has 0 aliphatic carbocycles. The molecule has 0 aromatic heterocycles. The first-order valence-electron chi connectivity index (χ1n) is 3.35. The summed E-state index contributed by atoms with van der Waals surface area (Å²) in [5.74, 6) is 0.895. The molecule has 0 aliphatic rings. The van der Waals surface area contributed by atoms with Gasteiger partial charge in [0.15, 0.2) is 0 Å². The molecular formula is C9H11LiS. The van der Waals surface area contributed by atoms with Crippen molar-refractivity contribution in [3.63, 3.8) is 0 Å². The van der Waals surface area contributed by atoms with Gasteiger partial charge in [0, 0.05) is 0 Å². The van der Waals surface area contributed by atoms with Crippen molar-refractivity contribution in [1.82, 2.24) is 0 Å². The maximum Gasteiger partial charge on any atom is 1.00 e. The van der Waals surface area contributed by atoms with Crippen LogP contribution in [-0.2, 0) is 6.42 Å². The second-order valence-electron chi connectivity index (χ2n) is 2.24. The second kappa shape index (κ2) is 5.66. The van der Waals surface area contributed by atoms with Gasteiger partial charge in [-0.1, -0.05) is 12.5 Å². The summed E-state index contributed by atoms with van der Waals surface area (Å²) in [6.07, 6.45) is 1.02. The third-order valence-corrected chi connectivity index (χ3v) is 1.72. The molecule has 0 fully saturated rings. The van der Waals surface area contributed by atoms with Crippen LogP contribution in [-0.4, -0.2) is 5.75 Å². The van der Waals surface area contributed by atoms with Crippen LogP contribution in [0.5, 0.6) is 0 Å². The normalized spacial score (nSPS) is 8.82. The van der Waals surface area contributed by atoms with Gasteiger partial charge in [0.25, 0.3) is 0 Å². The molecule has 0 bridgehead atoms. The van der Waals surface area contributed by atoms with E-state index >= 15 is 0 Å². The van der Waals surface area contributed by atoms with Gasteiger partial charge in [0.1, 0.15) is 0 Å². The Balaban J connectivity index is 0.000001000. The van der Waals surface area contributed by atoms with E-state index in [1.54, 1.807) is 0 Å². The predicted octanol–water partition coefficient (Wildman–Crippen LogP) is -0.655. The van der Waals surface area contributed by atoms with Crippen molar-refractivity contribution in [3.05, 3.63) is 42.3 Å². The standard InChI is InChI=1S/C9H11S.Li/c1-8-4-2-3-5-9(8)6-7-10;/h2-5,10H,1,6-7H2;/q-1;+1. The van der Waals surface area contributed by atoms with Crippen LogP contribution in [0, 0.1) is 6.92 Å². The van der Waals surface area contributed by atoms with Crippen molar-refractivity contribution in [2.75, 3.05) is 5.75 Å². The Morgan fingerprint density at radius 2 is 1.91 bits per heavy atom. The van der Waals surface area contributed by atoms with Crippen molar-refractivity contribution in [1.29, 1.82) is 0 Å². The average Bonchev–Trinajstić information content (AvgIpc) is 1.94. The SMILES string of the molecule is [CH2-]c1ccccc1CCS.[Li+]. The van der Waals surface area contributed by atoms with E-state index in [0.717, 1.165) is 17.7 Å². The summed E-state index contributed by atoms with van der Waals surface area (Å²) >= 11 is 4.15. The molecule has 0 heterocycles. The predicted molar refractivity (Wildman–Crippen MR) is 48.5 cm³/mol. The molecule has 0 atom stereocenters. The molecule has 0 saturated heterocycles. The topological polar surface area (TPSA) is 0 Å². The Morgan fingerprint density at radius 1 is 1.27 bits per heavy atom. The van der Waals surface area contributed by atoms with E-state index in [-0.39, 0.29) is 18.9 Å². The zero-order valence-electron chi connectivity index (χ0n) is 6.88. The Hall–Kier alpha value is 0.0374. The van der Waals surface area contributed by atoms with Crippen LogP contribution in [0.3, 0.4) is 0 Å². The molecule has 0 N–H and O–H groups in total. The summed E-state index contributed by atoms with van der Waals surface area (Å²) in [5.41, 5.74) is 2.43. The van der Waals surface area contributed by atoms with Gasteiger partial charge in [-0.15, -0.1) is 17.7 Å². The molecule has 11 heavy (non-hydrogen) atoms. The van der Waals surface area contributed by atoms with Crippen LogP contribution >= 0.6 is 12.6 Å². The van der Waals surface area contributed by atoms with Crippen LogP contribution in [0.4, 0.5) is 0 Å². The Labute approximate surface area is 86.0 Å². The van der Waals surface area contributed by atoms with E-state index < -0.39 is 0 Å². The van der Waals surface area contributed by atoms with Gasteiger partial charge in [-0.3, -0.25) is 0 Å². The monoisotopic (exact) mass is 158 g/mol. The molecular weight excluding hydrogens is 147 g/mol. The number of rotatable bonds is 2. The van der Waals surface area contributed by atoms with E-state index in [9.17, 15) is 0 Å². The van der Waals surface area contributed by atoms with Crippen LogP contribution in [0.15, 0.2) is 24.3 Å². The van der Waals surface area contributed by atoms with E-state index in [2.05, 4.69) is 25.6 Å². The Kier molecular flexibility index (Phi) is 5.68. The molecule has 0 spiro atoms. The fourth-order valence-corrected chi connectivity index (χ4v) is 1.16. The van der Waals surface area contributed by atoms with E-state index in [0.29, 0.717) is 0 Å². The minimum atomic E-state index is 0. The van der Waals surface area contributed by atoms with Gasteiger partial charge in [0.05, 0.1) is 0 Å². The van der Waals surface area contributed by atoms with Crippen LogP contribution < -0.4 is 18.9 Å². The smallest absolute Gasteiger partial charge is 0.198 e. The number of benzene rings is 1. The molecule has 1 aromatic carbocycles. The van der Waals surface area contributed by atoms with Gasteiger partial charge >= 0.3 is 18.9 Å². The molecule has 0 unspecified atom stereocenters.